The van der Waals surface area contributed by atoms with Gasteiger partial charge in [0.05, 0.1) is 0 Å². The van der Waals surface area contributed by atoms with Crippen molar-refractivity contribution >= 4 is 23.2 Å². The number of hydrogen-bond acceptors (Lipinski definition) is 2. The van der Waals surface area contributed by atoms with Gasteiger partial charge < -0.3 is 9.47 Å². The summed E-state index contributed by atoms with van der Waals surface area (Å²) < 4.78 is 9.78. The summed E-state index contributed by atoms with van der Waals surface area (Å²) >= 11 is 10.5. The fourth-order valence-corrected chi connectivity index (χ4v) is 0.736. The van der Waals surface area contributed by atoms with Crippen LogP contribution in [0.2, 0.25) is 0 Å². The first-order valence-electron chi connectivity index (χ1n) is 3.19. The Bertz CT molecular complexity index is 55.8. The van der Waals surface area contributed by atoms with Gasteiger partial charge >= 0.3 is 0 Å². The highest BCUT2D eigenvalue weighted by Crippen LogP contribution is 1.92. The molecule has 0 unspecified atom stereocenters. The van der Waals surface area contributed by atoms with Gasteiger partial charge in [-0.2, -0.15) is 0 Å². The highest BCUT2D eigenvalue weighted by atomic mass is 35.5. The van der Waals surface area contributed by atoms with E-state index in [1.807, 2.05) is 0 Å². The Kier molecular flexibility index (Phi) is 16.7. The van der Waals surface area contributed by atoms with Gasteiger partial charge in [0.1, 0.15) is 12.1 Å². The summed E-state index contributed by atoms with van der Waals surface area (Å²) in [4.78, 5) is 0. The molecule has 0 aliphatic rings. The van der Waals surface area contributed by atoms with Crippen LogP contribution in [0.25, 0.3) is 0 Å². The van der Waals surface area contributed by atoms with Crippen molar-refractivity contribution in [2.75, 3.05) is 25.3 Å². The van der Waals surface area contributed by atoms with Gasteiger partial charge in [-0.15, -0.1) is 0 Å². The lowest BCUT2D eigenvalue weighted by molar-refractivity contribution is 0.142. The summed E-state index contributed by atoms with van der Waals surface area (Å²) in [5.41, 5.74) is 0. The molecule has 0 heterocycles. The van der Waals surface area contributed by atoms with E-state index >= 15 is 0 Å². The van der Waals surface area contributed by atoms with Crippen molar-refractivity contribution in [2.24, 2.45) is 0 Å². The second-order valence-corrected chi connectivity index (χ2v) is 2.18. The third-order valence-corrected chi connectivity index (χ3v) is 1.29. The Hall–Kier alpha value is 0.460. The Morgan fingerprint density at radius 3 is 1.45 bits per heavy atom. The van der Waals surface area contributed by atoms with E-state index < -0.39 is 0 Å². The van der Waals surface area contributed by atoms with Gasteiger partial charge in [0.15, 0.2) is 0 Å². The summed E-state index contributed by atoms with van der Waals surface area (Å²) in [5.74, 6) is 0. The standard InChI is InChI=1S/C6H12Cl2O2.O/c7-5-9-3-1-2-4-10-6-8;/h1-6H2;. The molecule has 68 valence electrons. The van der Waals surface area contributed by atoms with Crippen LogP contribution in [0.5, 0.6) is 0 Å². The fraction of sp³-hybridized carbons (Fsp3) is 1.00. The zero-order valence-corrected chi connectivity index (χ0v) is 7.74. The zero-order chi connectivity index (χ0) is 7.66. The van der Waals surface area contributed by atoms with E-state index in [-0.39, 0.29) is 17.6 Å². The third kappa shape index (κ3) is 13.5. The van der Waals surface area contributed by atoms with Gasteiger partial charge in [-0.25, -0.2) is 0 Å². The Morgan fingerprint density at radius 2 is 1.18 bits per heavy atom. The van der Waals surface area contributed by atoms with Crippen LogP contribution in [-0.2, 0) is 14.9 Å². The molecule has 0 atom stereocenters. The molecule has 0 aromatic heterocycles. The number of ether oxygens (including phenoxy) is 2. The molecular formula is C6H12Cl2O3. The maximum absolute atomic E-state index is 5.27. The molecule has 0 amide bonds. The predicted octanol–water partition coefficient (Wildman–Crippen LogP) is 2.07. The Morgan fingerprint density at radius 1 is 0.818 bits per heavy atom. The molecule has 0 fully saturated rings. The number of halogens is 2. The van der Waals surface area contributed by atoms with Gasteiger partial charge in [-0.1, -0.05) is 23.2 Å². The second-order valence-electron chi connectivity index (χ2n) is 1.74. The maximum Gasteiger partial charge on any atom is 0.120 e. The first-order valence-corrected chi connectivity index (χ1v) is 4.26. The van der Waals surface area contributed by atoms with Crippen LogP contribution in [0.1, 0.15) is 12.8 Å². The molecule has 0 saturated carbocycles. The number of alkyl halides is 2. The number of unbranched alkanes of at least 4 members (excludes halogenated alkanes) is 1. The van der Waals surface area contributed by atoms with Crippen molar-refractivity contribution in [3.8, 4) is 0 Å². The smallest absolute Gasteiger partial charge is 0.120 e. The van der Waals surface area contributed by atoms with Gasteiger partial charge in [-0.3, -0.25) is 0 Å². The third-order valence-electron chi connectivity index (χ3n) is 0.982. The highest BCUT2D eigenvalue weighted by molar-refractivity contribution is 6.17. The van der Waals surface area contributed by atoms with Crippen molar-refractivity contribution in [1.82, 2.24) is 0 Å². The molecule has 0 aromatic carbocycles. The van der Waals surface area contributed by atoms with E-state index in [9.17, 15) is 0 Å². The average molecular weight is 203 g/mol. The monoisotopic (exact) mass is 202 g/mol. The lowest BCUT2D eigenvalue weighted by Gasteiger charge is -1.99. The normalized spacial score (nSPS) is 9.27. The van der Waals surface area contributed by atoms with E-state index in [2.05, 4.69) is 0 Å². The van der Waals surface area contributed by atoms with Crippen LogP contribution in [-0.4, -0.2) is 25.3 Å². The molecule has 3 nitrogen and oxygen atoms in total. The number of rotatable bonds is 7. The average Bonchev–Trinajstić information content (AvgIpc) is 1.97. The molecule has 5 heteroatoms. The van der Waals surface area contributed by atoms with Crippen LogP contribution in [0.3, 0.4) is 0 Å². The molecule has 0 spiro atoms. The van der Waals surface area contributed by atoms with Crippen LogP contribution >= 0.6 is 23.2 Å². The highest BCUT2D eigenvalue weighted by Gasteiger charge is 1.87. The van der Waals surface area contributed by atoms with Crippen molar-refractivity contribution in [3.05, 3.63) is 0 Å². The van der Waals surface area contributed by atoms with Gasteiger partial charge in [0.25, 0.3) is 0 Å². The molecule has 0 saturated heterocycles. The largest absolute Gasteiger partial charge is 0.366 e. The minimum atomic E-state index is 0. The quantitative estimate of drug-likeness (QED) is 0.469. The number of hydrogen-bond donors (Lipinski definition) is 0. The molecule has 2 radical (unpaired) electrons. The lowest BCUT2D eigenvalue weighted by Crippen LogP contribution is -1.96. The summed E-state index contributed by atoms with van der Waals surface area (Å²) in [6.07, 6.45) is 1.95. The molecule has 0 rings (SSSR count). The molecule has 0 aliphatic carbocycles. The van der Waals surface area contributed by atoms with E-state index in [0.29, 0.717) is 13.2 Å². The molecule has 11 heavy (non-hydrogen) atoms. The summed E-state index contributed by atoms with van der Waals surface area (Å²) in [7, 11) is 0. The van der Waals surface area contributed by atoms with Gasteiger partial charge in [-0.05, 0) is 12.8 Å². The Balaban J connectivity index is 0. The van der Waals surface area contributed by atoms with Crippen molar-refractivity contribution < 1.29 is 14.9 Å². The molecule has 0 aliphatic heterocycles. The van der Waals surface area contributed by atoms with E-state index in [1.165, 1.54) is 0 Å². The van der Waals surface area contributed by atoms with E-state index in [4.69, 9.17) is 32.7 Å². The van der Waals surface area contributed by atoms with Crippen molar-refractivity contribution in [2.45, 2.75) is 12.8 Å². The molecule has 0 aromatic rings. The Labute approximate surface area is 76.9 Å². The second kappa shape index (κ2) is 13.1. The summed E-state index contributed by atoms with van der Waals surface area (Å²) in [5, 5.41) is 0. The zero-order valence-electron chi connectivity index (χ0n) is 6.22. The van der Waals surface area contributed by atoms with Crippen LogP contribution in [0.4, 0.5) is 0 Å². The topological polar surface area (TPSA) is 47.0 Å². The maximum atomic E-state index is 5.27. The van der Waals surface area contributed by atoms with Crippen LogP contribution < -0.4 is 0 Å². The van der Waals surface area contributed by atoms with Crippen molar-refractivity contribution in [1.29, 1.82) is 0 Å². The van der Waals surface area contributed by atoms with Crippen molar-refractivity contribution in [3.63, 3.8) is 0 Å². The van der Waals surface area contributed by atoms with Crippen LogP contribution in [0, 0.1) is 0 Å². The molecular weight excluding hydrogens is 191 g/mol. The molecule has 0 bridgehead atoms. The van der Waals surface area contributed by atoms with Gasteiger partial charge in [0.2, 0.25) is 0 Å². The first kappa shape index (κ1) is 14.0. The first-order chi connectivity index (χ1) is 4.91. The van der Waals surface area contributed by atoms with E-state index in [0.717, 1.165) is 12.8 Å². The van der Waals surface area contributed by atoms with Gasteiger partial charge in [0, 0.05) is 18.7 Å². The minimum Gasteiger partial charge on any atom is -0.366 e. The van der Waals surface area contributed by atoms with Crippen LogP contribution in [0.15, 0.2) is 0 Å². The molecule has 0 N–H and O–H groups in total. The summed E-state index contributed by atoms with van der Waals surface area (Å²) in [6.45, 7) is 1.41. The minimum absolute atomic E-state index is 0. The fourth-order valence-electron chi connectivity index (χ4n) is 0.517. The SMILES string of the molecule is ClCOCCCCOCCl.[O]. The lowest BCUT2D eigenvalue weighted by atomic mass is 10.3. The van der Waals surface area contributed by atoms with E-state index in [1.54, 1.807) is 0 Å². The summed E-state index contributed by atoms with van der Waals surface area (Å²) in [6, 6.07) is 0.548. The predicted molar refractivity (Wildman–Crippen MR) is 43.3 cm³/mol.